The van der Waals surface area contributed by atoms with Crippen LogP contribution in [-0.2, 0) is 41.6 Å². The number of aromatic nitrogens is 1. The predicted octanol–water partition coefficient (Wildman–Crippen LogP) is 1.39. The number of H-pyrrole nitrogens is 1. The normalized spacial score (nSPS) is 23.2. The number of aromatic amines is 1. The zero-order valence-electron chi connectivity index (χ0n) is 32.1. The second kappa shape index (κ2) is 21.3. The van der Waals surface area contributed by atoms with Crippen molar-refractivity contribution >= 4 is 46.2 Å². The Balaban J connectivity index is 1.69. The van der Waals surface area contributed by atoms with Crippen LogP contribution in [0.2, 0.25) is 0 Å². The Kier molecular flexibility index (Phi) is 16.4. The second-order valence-corrected chi connectivity index (χ2v) is 14.3. The van der Waals surface area contributed by atoms with E-state index in [9.17, 15) is 28.8 Å². The predicted molar refractivity (Wildman–Crippen MR) is 214 cm³/mol. The largest absolute Gasteiger partial charge is 0.368 e. The van der Waals surface area contributed by atoms with Crippen LogP contribution < -0.4 is 32.7 Å². The molecule has 1 aliphatic rings. The van der Waals surface area contributed by atoms with E-state index in [0.717, 1.165) is 22.0 Å². The quantitative estimate of drug-likeness (QED) is 0.124. The monoisotopic (exact) mass is 766 g/mol. The van der Waals surface area contributed by atoms with Crippen LogP contribution >= 0.6 is 0 Å². The fourth-order valence-corrected chi connectivity index (χ4v) is 6.51. The van der Waals surface area contributed by atoms with Gasteiger partial charge in [-0.25, -0.2) is 0 Å². The molecule has 0 spiro atoms. The Bertz CT molecular complexity index is 1920. The van der Waals surface area contributed by atoms with Crippen molar-refractivity contribution < 1.29 is 28.8 Å². The lowest BCUT2D eigenvalue weighted by Crippen LogP contribution is -2.56. The molecule has 0 aliphatic carbocycles. The van der Waals surface area contributed by atoms with Crippen LogP contribution in [0.15, 0.2) is 73.4 Å². The molecule has 4 rings (SSSR count). The summed E-state index contributed by atoms with van der Waals surface area (Å²) in [5.74, 6) is 1.63. The lowest BCUT2D eigenvalue weighted by atomic mass is 9.89. The zero-order valence-corrected chi connectivity index (χ0v) is 32.1. The van der Waals surface area contributed by atoms with E-state index in [1.807, 2.05) is 59.5 Å². The number of hydrogen-bond acceptors (Lipinski definition) is 8. The van der Waals surface area contributed by atoms with Crippen molar-refractivity contribution in [3.63, 3.8) is 0 Å². The zero-order chi connectivity index (χ0) is 40.6. The van der Waals surface area contributed by atoms with Crippen molar-refractivity contribution in [2.75, 3.05) is 19.6 Å². The number of para-hydroxylation sites is 1. The molecule has 298 valence electrons. The first-order chi connectivity index (χ1) is 26.9. The number of rotatable bonds is 9. The number of nitrogens with one attached hydrogen (secondary N) is 5. The Morgan fingerprint density at radius 1 is 0.964 bits per heavy atom. The van der Waals surface area contributed by atoms with Gasteiger partial charge < -0.3 is 37.7 Å². The summed E-state index contributed by atoms with van der Waals surface area (Å²) < 4.78 is 0. The Labute approximate surface area is 328 Å². The summed E-state index contributed by atoms with van der Waals surface area (Å²) in [6.45, 7) is 8.24. The van der Waals surface area contributed by atoms with Crippen molar-refractivity contribution in [2.45, 2.75) is 89.0 Å². The highest BCUT2D eigenvalue weighted by Crippen LogP contribution is 2.22. The van der Waals surface area contributed by atoms with E-state index < -0.39 is 71.4 Å². The van der Waals surface area contributed by atoms with Crippen LogP contribution in [0.4, 0.5) is 0 Å². The molecule has 5 amide bonds. The number of nitrogens with two attached hydrogens (primary N) is 2. The number of fused-ring (bicyclic) bond motifs is 1. The van der Waals surface area contributed by atoms with E-state index in [-0.39, 0.29) is 32.1 Å². The van der Waals surface area contributed by atoms with Crippen molar-refractivity contribution in [3.05, 3.63) is 84.6 Å². The summed E-state index contributed by atoms with van der Waals surface area (Å²) in [5.41, 5.74) is 14.0. The summed E-state index contributed by atoms with van der Waals surface area (Å²) >= 11 is 0. The summed E-state index contributed by atoms with van der Waals surface area (Å²) in [6.07, 6.45) is 4.97. The Hall–Kier alpha value is -5.78. The highest BCUT2D eigenvalue weighted by molar-refractivity contribution is 5.97. The van der Waals surface area contributed by atoms with Crippen LogP contribution in [0.3, 0.4) is 0 Å². The van der Waals surface area contributed by atoms with E-state index in [1.165, 1.54) is 13.8 Å². The standard InChI is InChI=1S/C42H54N8O6/c1-4-20-50-21-12-10-18-34(38(44)52)47-41(55)30(23-29-14-6-5-7-15-29)25-37(51)36(24-31-26-45-33-17-9-8-16-32(31)33)49-40(54)28(3)46-42(56)35(19-11-13-22-50)48-39(53)27(2)43/h4-9,14-17,26-28,30,34-36,45H,1,10,12,18-25,43H2,2-3H3,(H2,44,52)(H,46,56)(H,47,55)(H,48,53)(H,49,54)/t27-,28-,30-,34-,35+,36-/m0/s1. The summed E-state index contributed by atoms with van der Waals surface area (Å²) in [4.78, 5) is 86.0. The Morgan fingerprint density at radius 3 is 2.41 bits per heavy atom. The van der Waals surface area contributed by atoms with Crippen LogP contribution in [0.5, 0.6) is 0 Å². The minimum absolute atomic E-state index is 0.0506. The van der Waals surface area contributed by atoms with Gasteiger partial charge in [0.05, 0.1) is 18.6 Å². The molecule has 0 saturated heterocycles. The van der Waals surface area contributed by atoms with Gasteiger partial charge in [0.15, 0.2) is 5.78 Å². The molecule has 2 aromatic carbocycles. The number of ketones is 1. The van der Waals surface area contributed by atoms with Crippen molar-refractivity contribution in [3.8, 4) is 11.8 Å². The lowest BCUT2D eigenvalue weighted by Gasteiger charge is -2.25. The van der Waals surface area contributed by atoms with Gasteiger partial charge in [-0.3, -0.25) is 33.7 Å². The Morgan fingerprint density at radius 2 is 1.70 bits per heavy atom. The van der Waals surface area contributed by atoms with Gasteiger partial charge in [0.25, 0.3) is 0 Å². The summed E-state index contributed by atoms with van der Waals surface area (Å²) in [5, 5.41) is 11.8. The molecule has 0 fully saturated rings. The third-order valence-corrected chi connectivity index (χ3v) is 9.74. The first-order valence-electron chi connectivity index (χ1n) is 19.0. The van der Waals surface area contributed by atoms with Gasteiger partial charge >= 0.3 is 0 Å². The summed E-state index contributed by atoms with van der Waals surface area (Å²) in [7, 11) is 0. The van der Waals surface area contributed by atoms with Gasteiger partial charge in [0.2, 0.25) is 29.5 Å². The molecule has 0 bridgehead atoms. The third kappa shape index (κ3) is 12.9. The number of nitrogens with zero attached hydrogens (tertiary/aromatic N) is 1. The van der Waals surface area contributed by atoms with E-state index in [4.69, 9.17) is 11.5 Å². The van der Waals surface area contributed by atoms with Gasteiger partial charge in [0, 0.05) is 48.8 Å². The van der Waals surface area contributed by atoms with E-state index >= 15 is 0 Å². The minimum Gasteiger partial charge on any atom is -0.368 e. The number of primary amides is 1. The lowest BCUT2D eigenvalue weighted by molar-refractivity contribution is -0.134. The topological polar surface area (TPSA) is 222 Å². The van der Waals surface area contributed by atoms with Gasteiger partial charge in [-0.05, 0) is 63.3 Å². The highest BCUT2D eigenvalue weighted by Gasteiger charge is 2.32. The van der Waals surface area contributed by atoms with Crippen molar-refractivity contribution in [1.82, 2.24) is 31.2 Å². The first-order valence-corrected chi connectivity index (χ1v) is 19.0. The molecule has 0 unspecified atom stereocenters. The molecular weight excluding hydrogens is 713 g/mol. The maximum absolute atomic E-state index is 14.4. The highest BCUT2D eigenvalue weighted by atomic mass is 16.2. The fourth-order valence-electron chi connectivity index (χ4n) is 6.51. The SMILES string of the molecule is C=CCN1CC#CC[C@@H](NC(=O)[C@H](C)N)C(=O)N[C@@H](C)C(=O)N[C@@H](Cc2c[nH]c3ccccc23)C(=O)C[C@H](Cc2ccccc2)C(=O)N[C@H](C(N)=O)CCCC1. The van der Waals surface area contributed by atoms with Gasteiger partial charge in [-0.2, -0.15) is 0 Å². The second-order valence-electron chi connectivity index (χ2n) is 14.3. The summed E-state index contributed by atoms with van der Waals surface area (Å²) in [6, 6.07) is 11.5. The number of benzene rings is 2. The third-order valence-electron chi connectivity index (χ3n) is 9.74. The number of hydrogen-bond donors (Lipinski definition) is 7. The first kappa shape index (κ1) is 43.0. The molecule has 0 saturated carbocycles. The number of amides is 5. The fraction of sp³-hybridized carbons (Fsp3) is 0.429. The molecule has 2 heterocycles. The van der Waals surface area contributed by atoms with E-state index in [0.29, 0.717) is 32.5 Å². The minimum atomic E-state index is -1.14. The average molecular weight is 767 g/mol. The molecule has 14 nitrogen and oxygen atoms in total. The molecule has 14 heteroatoms. The molecule has 56 heavy (non-hydrogen) atoms. The molecule has 1 aliphatic heterocycles. The van der Waals surface area contributed by atoms with Gasteiger partial charge in [0.1, 0.15) is 18.1 Å². The van der Waals surface area contributed by atoms with Gasteiger partial charge in [-0.15, -0.1) is 6.58 Å². The molecular formula is C42H54N8O6. The molecule has 1 aromatic heterocycles. The number of Topliss-reactive ketones (excluding diaryl/α,β-unsaturated/α-hetero) is 1. The van der Waals surface area contributed by atoms with Crippen molar-refractivity contribution in [1.29, 1.82) is 0 Å². The van der Waals surface area contributed by atoms with Crippen molar-refractivity contribution in [2.24, 2.45) is 17.4 Å². The maximum Gasteiger partial charge on any atom is 0.244 e. The van der Waals surface area contributed by atoms with E-state index in [1.54, 1.807) is 12.3 Å². The molecule has 3 aromatic rings. The van der Waals surface area contributed by atoms with Gasteiger partial charge in [-0.1, -0.05) is 66.4 Å². The van der Waals surface area contributed by atoms with E-state index in [2.05, 4.69) is 44.7 Å². The number of carbonyl (C=O) groups is 6. The van der Waals surface area contributed by atoms with Crippen LogP contribution in [-0.4, -0.2) is 95.0 Å². The molecule has 6 atom stereocenters. The molecule has 9 N–H and O–H groups in total. The smallest absolute Gasteiger partial charge is 0.244 e. The number of carbonyl (C=O) groups excluding carboxylic acids is 6. The maximum atomic E-state index is 14.4. The van der Waals surface area contributed by atoms with Crippen LogP contribution in [0.1, 0.15) is 57.1 Å². The van der Waals surface area contributed by atoms with Crippen LogP contribution in [0.25, 0.3) is 10.9 Å². The van der Waals surface area contributed by atoms with Crippen LogP contribution in [0, 0.1) is 17.8 Å². The molecule has 0 radical (unpaired) electrons. The average Bonchev–Trinajstić information content (AvgIpc) is 3.58.